The molecule has 6 heteroatoms. The van der Waals surface area contributed by atoms with E-state index in [0.717, 1.165) is 33.4 Å². The molecule has 42 heavy (non-hydrogen) atoms. The van der Waals surface area contributed by atoms with Gasteiger partial charge in [-0.1, -0.05) is 119 Å². The normalized spacial score (nSPS) is 15.1. The van der Waals surface area contributed by atoms with Crippen molar-refractivity contribution in [2.24, 2.45) is 0 Å². The summed E-state index contributed by atoms with van der Waals surface area (Å²) in [5, 5.41) is 21.3. The lowest BCUT2D eigenvalue weighted by atomic mass is 9.79. The van der Waals surface area contributed by atoms with E-state index in [-0.39, 0.29) is 34.5 Å². The molecule has 2 rings (SSSR count). The Kier molecular flexibility index (Phi) is 10.9. The monoisotopic (exact) mass is 582 g/mol. The minimum Gasteiger partial charge on any atom is -0.424 e. The number of hydrogen-bond donors (Lipinski definition) is 2. The van der Waals surface area contributed by atoms with Crippen LogP contribution in [0.2, 0.25) is 0 Å². The number of benzene rings is 2. The lowest BCUT2D eigenvalue weighted by molar-refractivity contribution is -0.195. The molecule has 0 heterocycles. The molecule has 0 saturated heterocycles. The van der Waals surface area contributed by atoms with Gasteiger partial charge in [-0.25, -0.2) is 9.59 Å². The van der Waals surface area contributed by atoms with Gasteiger partial charge in [0, 0.05) is 19.8 Å². The zero-order valence-electron chi connectivity index (χ0n) is 28.1. The number of rotatable bonds is 8. The van der Waals surface area contributed by atoms with E-state index < -0.39 is 30.4 Å². The van der Waals surface area contributed by atoms with Gasteiger partial charge in [-0.3, -0.25) is 0 Å². The summed E-state index contributed by atoms with van der Waals surface area (Å²) in [4.78, 5) is 25.4. The zero-order chi connectivity index (χ0) is 32.4. The van der Waals surface area contributed by atoms with Crippen LogP contribution < -0.4 is 0 Å². The first-order chi connectivity index (χ1) is 18.9. The first kappa shape index (κ1) is 35.5. The highest BCUT2D eigenvalue weighted by Gasteiger charge is 2.28. The van der Waals surface area contributed by atoms with Crippen LogP contribution >= 0.6 is 0 Å². The van der Waals surface area contributed by atoms with E-state index in [9.17, 15) is 19.8 Å². The third-order valence-corrected chi connectivity index (χ3v) is 7.42. The summed E-state index contributed by atoms with van der Waals surface area (Å²) < 4.78 is 10.5. The molecule has 0 saturated carbocycles. The summed E-state index contributed by atoms with van der Waals surface area (Å²) in [5.74, 6) is -1.79. The third-order valence-electron chi connectivity index (χ3n) is 7.42. The highest BCUT2D eigenvalue weighted by Crippen LogP contribution is 2.32. The third kappa shape index (κ3) is 10.2. The molecule has 0 bridgehead atoms. The molecule has 234 valence electrons. The number of ether oxygens (including phenoxy) is 2. The van der Waals surface area contributed by atoms with Gasteiger partial charge in [0.2, 0.25) is 6.29 Å². The molecule has 0 amide bonds. The Morgan fingerprint density at radius 3 is 1.00 bits per heavy atom. The average Bonchev–Trinajstić information content (AvgIpc) is 2.81. The maximum atomic E-state index is 12.7. The topological polar surface area (TPSA) is 93.1 Å². The van der Waals surface area contributed by atoms with Crippen molar-refractivity contribution < 1.29 is 29.3 Å². The second-order valence-corrected chi connectivity index (χ2v) is 15.7. The van der Waals surface area contributed by atoms with Gasteiger partial charge >= 0.3 is 11.9 Å². The molecule has 0 aliphatic heterocycles. The van der Waals surface area contributed by atoms with Crippen LogP contribution in [0.5, 0.6) is 0 Å². The van der Waals surface area contributed by atoms with Crippen LogP contribution in [0.15, 0.2) is 36.4 Å². The van der Waals surface area contributed by atoms with E-state index in [1.807, 2.05) is 24.3 Å². The maximum absolute atomic E-state index is 12.7. The lowest BCUT2D eigenvalue weighted by Gasteiger charge is -2.27. The van der Waals surface area contributed by atoms with Crippen molar-refractivity contribution in [3.05, 3.63) is 69.8 Å². The first-order valence-electron chi connectivity index (χ1n) is 14.9. The maximum Gasteiger partial charge on any atom is 0.338 e. The smallest absolute Gasteiger partial charge is 0.338 e. The molecule has 2 N–H and O–H groups in total. The average molecular weight is 583 g/mol. The highest BCUT2D eigenvalue weighted by molar-refractivity contribution is 5.76. The molecular formula is C36H54O6. The van der Waals surface area contributed by atoms with Gasteiger partial charge in [-0.15, -0.1) is 0 Å². The Balaban J connectivity index is 2.08. The number of carbonyl (C=O) groups is 2. The van der Waals surface area contributed by atoms with Crippen LogP contribution in [-0.2, 0) is 53.6 Å². The van der Waals surface area contributed by atoms with Crippen molar-refractivity contribution in [1.82, 2.24) is 0 Å². The number of esters is 2. The molecule has 2 atom stereocenters. The van der Waals surface area contributed by atoms with Gasteiger partial charge in [0.05, 0.1) is 0 Å². The van der Waals surface area contributed by atoms with Gasteiger partial charge in [0.1, 0.15) is 0 Å². The van der Waals surface area contributed by atoms with Crippen molar-refractivity contribution in [3.63, 3.8) is 0 Å². The summed E-state index contributed by atoms with van der Waals surface area (Å²) in [6, 6.07) is 12.4. The second kappa shape index (κ2) is 12.9. The van der Waals surface area contributed by atoms with Crippen molar-refractivity contribution in [3.8, 4) is 0 Å². The zero-order valence-corrected chi connectivity index (χ0v) is 28.1. The molecule has 6 nitrogen and oxygen atoms in total. The van der Waals surface area contributed by atoms with Gasteiger partial charge in [-0.05, 0) is 55.0 Å². The van der Waals surface area contributed by atoms with E-state index in [1.165, 1.54) is 6.92 Å². The minimum absolute atomic E-state index is 0.0648. The van der Waals surface area contributed by atoms with Gasteiger partial charge in [0.25, 0.3) is 0 Å². The number of aliphatic hydroxyl groups is 2. The minimum atomic E-state index is -1.44. The molecule has 0 aliphatic rings. The molecular weight excluding hydrogens is 528 g/mol. The van der Waals surface area contributed by atoms with E-state index in [4.69, 9.17) is 9.47 Å². The summed E-state index contributed by atoms with van der Waals surface area (Å²) in [6.07, 6.45) is -4.01. The fourth-order valence-electron chi connectivity index (χ4n) is 4.47. The van der Waals surface area contributed by atoms with E-state index in [1.54, 1.807) is 0 Å². The summed E-state index contributed by atoms with van der Waals surface area (Å²) in [7, 11) is 0. The highest BCUT2D eigenvalue weighted by atomic mass is 16.7. The summed E-state index contributed by atoms with van der Waals surface area (Å²) in [6.45, 7) is 26.9. The van der Waals surface area contributed by atoms with Crippen molar-refractivity contribution in [1.29, 1.82) is 0 Å². The SMILES string of the molecule is CC(OC(=O)C(O)Cc1cc(C(C)(C)C)cc(C(C)(C)C)c1)OC(=O)C(O)Cc1cc(C(C)(C)C)cc(C(C)(C)C)c1. The molecule has 2 unspecified atom stereocenters. The summed E-state index contributed by atoms with van der Waals surface area (Å²) >= 11 is 0. The Hall–Kier alpha value is -2.70. The van der Waals surface area contributed by atoms with Gasteiger partial charge in [0.15, 0.2) is 12.2 Å². The second-order valence-electron chi connectivity index (χ2n) is 15.7. The molecule has 0 spiro atoms. The first-order valence-corrected chi connectivity index (χ1v) is 14.9. The predicted octanol–water partition coefficient (Wildman–Crippen LogP) is 6.82. The Bertz CT molecular complexity index is 1090. The fraction of sp³-hybridized carbons (Fsp3) is 0.611. The number of carbonyl (C=O) groups excluding carboxylic acids is 2. The van der Waals surface area contributed by atoms with Crippen LogP contribution in [-0.4, -0.2) is 40.6 Å². The lowest BCUT2D eigenvalue weighted by Crippen LogP contribution is -2.34. The van der Waals surface area contributed by atoms with Crippen LogP contribution in [0.3, 0.4) is 0 Å². The van der Waals surface area contributed by atoms with Crippen LogP contribution in [0.25, 0.3) is 0 Å². The van der Waals surface area contributed by atoms with Crippen LogP contribution in [0.1, 0.15) is 123 Å². The summed E-state index contributed by atoms with van der Waals surface area (Å²) in [5.41, 5.74) is 5.69. The van der Waals surface area contributed by atoms with E-state index in [2.05, 4.69) is 95.2 Å². The quantitative estimate of drug-likeness (QED) is 0.262. The van der Waals surface area contributed by atoms with Crippen molar-refractivity contribution >= 4 is 11.9 Å². The Morgan fingerprint density at radius 1 is 0.548 bits per heavy atom. The molecule has 0 aliphatic carbocycles. The Morgan fingerprint density at radius 2 is 0.786 bits per heavy atom. The predicted molar refractivity (Wildman–Crippen MR) is 169 cm³/mol. The number of hydrogen-bond acceptors (Lipinski definition) is 6. The van der Waals surface area contributed by atoms with Crippen LogP contribution in [0, 0.1) is 0 Å². The number of aliphatic hydroxyl groups excluding tert-OH is 2. The standard InChI is InChI=1S/C36H54O6/c1-22(41-31(39)29(37)18-23-14-25(33(2,3)4)20-26(15-23)34(5,6)7)42-32(40)30(38)19-24-16-27(35(8,9)10)21-28(17-24)36(11,12)13/h14-17,20-22,29-30,37-38H,18-19H2,1-13H3. The molecule has 2 aromatic carbocycles. The van der Waals surface area contributed by atoms with Gasteiger partial charge in [-0.2, -0.15) is 0 Å². The molecule has 0 aromatic heterocycles. The largest absolute Gasteiger partial charge is 0.424 e. The van der Waals surface area contributed by atoms with Crippen molar-refractivity contribution in [2.45, 2.75) is 143 Å². The van der Waals surface area contributed by atoms with E-state index in [0.29, 0.717) is 0 Å². The van der Waals surface area contributed by atoms with Crippen LogP contribution in [0.4, 0.5) is 0 Å². The molecule has 0 fully saturated rings. The molecule has 2 aromatic rings. The Labute approximate surface area is 253 Å². The fourth-order valence-corrected chi connectivity index (χ4v) is 4.47. The van der Waals surface area contributed by atoms with E-state index >= 15 is 0 Å². The van der Waals surface area contributed by atoms with Crippen molar-refractivity contribution in [2.75, 3.05) is 0 Å². The molecule has 0 radical (unpaired) electrons. The van der Waals surface area contributed by atoms with Gasteiger partial charge < -0.3 is 19.7 Å².